The number of thioether (sulfide) groups is 1. The van der Waals surface area contributed by atoms with E-state index in [0.29, 0.717) is 18.2 Å². The fraction of sp³-hybridized carbons (Fsp3) is 0.250. The molecule has 1 aromatic heterocycles. The van der Waals surface area contributed by atoms with E-state index in [2.05, 4.69) is 4.98 Å². The largest absolute Gasteiger partial charge is 0.417 e. The number of halogens is 4. The predicted octanol–water partition coefficient (Wildman–Crippen LogP) is 4.03. The SMILES string of the molecule is C[C@@H](CSc1c(Cl)c(C(F)(F)F)cc2c(=O)[nH]c(=O)[nH]c12)N1Cc2ccccc2C1=O. The number of carbonyl (C=O) groups is 1. The molecule has 0 unspecified atom stereocenters. The average Bonchev–Trinajstić information content (AvgIpc) is 3.03. The van der Waals surface area contributed by atoms with Crippen molar-refractivity contribution in [3.05, 3.63) is 72.9 Å². The Morgan fingerprint density at radius 3 is 2.58 bits per heavy atom. The lowest BCUT2D eigenvalue weighted by Gasteiger charge is -2.24. The van der Waals surface area contributed by atoms with Crippen LogP contribution in [0.3, 0.4) is 0 Å². The summed E-state index contributed by atoms with van der Waals surface area (Å²) < 4.78 is 40.5. The summed E-state index contributed by atoms with van der Waals surface area (Å²) in [6, 6.07) is 7.45. The molecule has 3 aromatic rings. The molecule has 6 nitrogen and oxygen atoms in total. The fourth-order valence-corrected chi connectivity index (χ4v) is 5.07. The quantitative estimate of drug-likeness (QED) is 0.565. The van der Waals surface area contributed by atoms with Gasteiger partial charge in [0.15, 0.2) is 0 Å². The van der Waals surface area contributed by atoms with Gasteiger partial charge in [-0.2, -0.15) is 13.2 Å². The summed E-state index contributed by atoms with van der Waals surface area (Å²) in [4.78, 5) is 42.3. The molecule has 0 fully saturated rings. The number of carbonyl (C=O) groups excluding carboxylic acids is 1. The number of aromatic nitrogens is 2. The van der Waals surface area contributed by atoms with Crippen molar-refractivity contribution in [3.63, 3.8) is 0 Å². The van der Waals surface area contributed by atoms with Crippen LogP contribution in [0.25, 0.3) is 10.9 Å². The van der Waals surface area contributed by atoms with Crippen molar-refractivity contribution in [3.8, 4) is 0 Å². The van der Waals surface area contributed by atoms with Gasteiger partial charge >= 0.3 is 11.9 Å². The monoisotopic (exact) mass is 469 g/mol. The molecule has 162 valence electrons. The molecule has 31 heavy (non-hydrogen) atoms. The van der Waals surface area contributed by atoms with Gasteiger partial charge in [-0.1, -0.05) is 29.8 Å². The molecule has 1 atom stereocenters. The summed E-state index contributed by atoms with van der Waals surface area (Å²) in [5, 5.41) is -0.925. The lowest BCUT2D eigenvalue weighted by atomic mass is 10.1. The van der Waals surface area contributed by atoms with Crippen LogP contribution in [0.1, 0.15) is 28.4 Å². The molecule has 0 radical (unpaired) electrons. The molecule has 0 spiro atoms. The highest BCUT2D eigenvalue weighted by Crippen LogP contribution is 2.43. The minimum atomic E-state index is -4.79. The number of hydrogen-bond acceptors (Lipinski definition) is 4. The Hall–Kier alpha value is -2.72. The van der Waals surface area contributed by atoms with Crippen LogP contribution in [0.5, 0.6) is 0 Å². The van der Waals surface area contributed by atoms with Crippen LogP contribution < -0.4 is 11.2 Å². The van der Waals surface area contributed by atoms with Gasteiger partial charge in [0.05, 0.1) is 26.4 Å². The van der Waals surface area contributed by atoms with Crippen LogP contribution >= 0.6 is 23.4 Å². The van der Waals surface area contributed by atoms with E-state index in [1.807, 2.05) is 17.1 Å². The van der Waals surface area contributed by atoms with Crippen molar-refractivity contribution < 1.29 is 18.0 Å². The smallest absolute Gasteiger partial charge is 0.331 e. The van der Waals surface area contributed by atoms with Crippen LogP contribution in [-0.4, -0.2) is 32.6 Å². The fourth-order valence-electron chi connectivity index (χ4n) is 3.52. The van der Waals surface area contributed by atoms with E-state index in [1.165, 1.54) is 0 Å². The van der Waals surface area contributed by atoms with Crippen molar-refractivity contribution >= 4 is 40.2 Å². The summed E-state index contributed by atoms with van der Waals surface area (Å²) in [5.41, 5.74) is -1.56. The third kappa shape index (κ3) is 3.85. The molecule has 0 saturated carbocycles. The Bertz CT molecular complexity index is 1320. The Labute approximate surface area is 182 Å². The number of fused-ring (bicyclic) bond motifs is 2. The van der Waals surface area contributed by atoms with Gasteiger partial charge in [-0.25, -0.2) is 4.79 Å². The van der Waals surface area contributed by atoms with Gasteiger partial charge in [-0.3, -0.25) is 14.6 Å². The van der Waals surface area contributed by atoms with E-state index in [-0.39, 0.29) is 33.5 Å². The number of rotatable bonds is 4. The molecular weight excluding hydrogens is 455 g/mol. The molecule has 4 rings (SSSR count). The number of H-pyrrole nitrogens is 2. The van der Waals surface area contributed by atoms with Crippen molar-refractivity contribution in [2.75, 3.05) is 5.75 Å². The molecule has 0 aliphatic carbocycles. The molecule has 1 amide bonds. The summed E-state index contributed by atoms with van der Waals surface area (Å²) in [6.45, 7) is 2.17. The number of aromatic amines is 2. The molecule has 1 aliphatic rings. The van der Waals surface area contributed by atoms with Gasteiger partial charge in [0.2, 0.25) is 0 Å². The second-order valence-electron chi connectivity index (χ2n) is 7.15. The highest BCUT2D eigenvalue weighted by atomic mass is 35.5. The summed E-state index contributed by atoms with van der Waals surface area (Å²) in [5.74, 6) is 0.0403. The molecular formula is C20H15ClF3N3O3S. The topological polar surface area (TPSA) is 86.0 Å². The van der Waals surface area contributed by atoms with Crippen LogP contribution in [0, 0.1) is 0 Å². The maximum Gasteiger partial charge on any atom is 0.417 e. The van der Waals surface area contributed by atoms with Crippen LogP contribution in [0.15, 0.2) is 44.8 Å². The zero-order valence-corrected chi connectivity index (χ0v) is 17.5. The van der Waals surface area contributed by atoms with E-state index >= 15 is 0 Å². The minimum absolute atomic E-state index is 0.0642. The lowest BCUT2D eigenvalue weighted by molar-refractivity contribution is -0.137. The summed E-state index contributed by atoms with van der Waals surface area (Å²) in [6.07, 6.45) is -4.79. The highest BCUT2D eigenvalue weighted by molar-refractivity contribution is 7.99. The standard InChI is InChI=1S/C20H15ClF3N3O3S/c1-9(27-7-10-4-2-3-5-11(10)18(27)29)8-31-16-14(21)13(20(22,23)24)6-12-15(16)25-19(30)26-17(12)28/h2-6,9H,7-8H2,1H3,(H2,25,26,28,30)/t9-/m0/s1. The summed E-state index contributed by atoms with van der Waals surface area (Å²) >= 11 is 7.02. The van der Waals surface area contributed by atoms with E-state index in [4.69, 9.17) is 11.6 Å². The normalized spacial score (nSPS) is 14.9. The minimum Gasteiger partial charge on any atom is -0.331 e. The zero-order chi connectivity index (χ0) is 22.5. The van der Waals surface area contributed by atoms with Crippen molar-refractivity contribution in [1.82, 2.24) is 14.9 Å². The molecule has 1 aliphatic heterocycles. The first-order valence-corrected chi connectivity index (χ1v) is 10.5. The number of nitrogens with zero attached hydrogens (tertiary/aromatic N) is 1. The Morgan fingerprint density at radius 1 is 1.19 bits per heavy atom. The van der Waals surface area contributed by atoms with Crippen LogP contribution in [0.4, 0.5) is 13.2 Å². The number of hydrogen-bond donors (Lipinski definition) is 2. The Balaban J connectivity index is 1.70. The maximum absolute atomic E-state index is 13.5. The highest BCUT2D eigenvalue weighted by Gasteiger charge is 2.36. The molecule has 0 saturated heterocycles. The molecule has 0 bridgehead atoms. The van der Waals surface area contributed by atoms with Crippen molar-refractivity contribution in [2.24, 2.45) is 0 Å². The average molecular weight is 470 g/mol. The number of nitrogens with one attached hydrogen (secondary N) is 2. The van der Waals surface area contributed by atoms with E-state index in [0.717, 1.165) is 17.3 Å². The van der Waals surface area contributed by atoms with Gasteiger partial charge in [0.25, 0.3) is 11.5 Å². The predicted molar refractivity (Wildman–Crippen MR) is 112 cm³/mol. The lowest BCUT2D eigenvalue weighted by Crippen LogP contribution is -2.35. The van der Waals surface area contributed by atoms with E-state index in [9.17, 15) is 27.6 Å². The number of amides is 1. The number of alkyl halides is 3. The second-order valence-corrected chi connectivity index (χ2v) is 8.55. The third-order valence-electron chi connectivity index (χ3n) is 5.09. The first kappa shape index (κ1) is 21.5. The van der Waals surface area contributed by atoms with Crippen LogP contribution in [-0.2, 0) is 12.7 Å². The molecule has 2 N–H and O–H groups in total. The molecule has 2 heterocycles. The third-order valence-corrected chi connectivity index (χ3v) is 6.94. The summed E-state index contributed by atoms with van der Waals surface area (Å²) in [7, 11) is 0. The van der Waals surface area contributed by atoms with Gasteiger partial charge in [0, 0.05) is 23.9 Å². The number of benzene rings is 2. The maximum atomic E-state index is 13.5. The van der Waals surface area contributed by atoms with Gasteiger partial charge in [0.1, 0.15) is 0 Å². The van der Waals surface area contributed by atoms with Crippen molar-refractivity contribution in [2.45, 2.75) is 30.6 Å². The van der Waals surface area contributed by atoms with Gasteiger partial charge < -0.3 is 9.88 Å². The van der Waals surface area contributed by atoms with Crippen molar-refractivity contribution in [1.29, 1.82) is 0 Å². The Kier molecular flexibility index (Phi) is 5.38. The zero-order valence-electron chi connectivity index (χ0n) is 16.0. The first-order chi connectivity index (χ1) is 14.6. The second kappa shape index (κ2) is 7.76. The Morgan fingerprint density at radius 2 is 1.90 bits per heavy atom. The molecule has 2 aromatic carbocycles. The van der Waals surface area contributed by atoms with Gasteiger partial charge in [-0.15, -0.1) is 11.8 Å². The van der Waals surface area contributed by atoms with Crippen LogP contribution in [0.2, 0.25) is 5.02 Å². The first-order valence-electron chi connectivity index (χ1n) is 9.15. The van der Waals surface area contributed by atoms with Gasteiger partial charge in [-0.05, 0) is 24.6 Å². The molecule has 11 heteroatoms. The van der Waals surface area contributed by atoms with E-state index < -0.39 is 28.0 Å². The van der Waals surface area contributed by atoms with E-state index in [1.54, 1.807) is 24.0 Å².